The van der Waals surface area contributed by atoms with Gasteiger partial charge in [0.1, 0.15) is 5.75 Å². The molecule has 0 heterocycles. The topological polar surface area (TPSA) is 84.7 Å². The molecule has 22 heavy (non-hydrogen) atoms. The molecule has 122 valence electrons. The van der Waals surface area contributed by atoms with Gasteiger partial charge in [-0.05, 0) is 24.1 Å². The van der Waals surface area contributed by atoms with Crippen LogP contribution in [0.25, 0.3) is 0 Å². The Morgan fingerprint density at radius 1 is 1.36 bits per heavy atom. The van der Waals surface area contributed by atoms with Crippen molar-refractivity contribution in [3.63, 3.8) is 0 Å². The molecule has 0 aromatic heterocycles. The normalized spacial score (nSPS) is 11.6. The molecule has 0 aliphatic carbocycles. The molecule has 1 aromatic rings. The van der Waals surface area contributed by atoms with E-state index in [-0.39, 0.29) is 18.4 Å². The second-order valence-electron chi connectivity index (χ2n) is 5.34. The van der Waals surface area contributed by atoms with Crippen LogP contribution in [0.4, 0.5) is 0 Å². The fourth-order valence-electron chi connectivity index (χ4n) is 1.78. The lowest BCUT2D eigenvalue weighted by Crippen LogP contribution is -2.40. The highest BCUT2D eigenvalue weighted by Gasteiger charge is 2.11. The lowest BCUT2D eigenvalue weighted by molar-refractivity contribution is -0.130. The Labute approximate surface area is 131 Å². The second kappa shape index (κ2) is 9.04. The third-order valence-electron chi connectivity index (χ3n) is 3.16. The first kappa shape index (κ1) is 18.0. The van der Waals surface area contributed by atoms with Gasteiger partial charge < -0.3 is 20.7 Å². The minimum Gasteiger partial charge on any atom is -0.484 e. The van der Waals surface area contributed by atoms with Crippen LogP contribution in [0.1, 0.15) is 25.3 Å². The molecular weight excluding hydrogens is 282 g/mol. The Morgan fingerprint density at radius 2 is 2.09 bits per heavy atom. The molecule has 1 atom stereocenters. The van der Waals surface area contributed by atoms with Crippen molar-refractivity contribution in [2.45, 2.75) is 32.4 Å². The van der Waals surface area contributed by atoms with E-state index < -0.39 is 6.04 Å². The van der Waals surface area contributed by atoms with E-state index in [0.717, 1.165) is 12.0 Å². The van der Waals surface area contributed by atoms with Crippen molar-refractivity contribution in [3.8, 4) is 5.75 Å². The molecule has 6 heteroatoms. The average Bonchev–Trinajstić information content (AvgIpc) is 2.50. The molecule has 1 rings (SSSR count). The first-order valence-corrected chi connectivity index (χ1v) is 7.39. The van der Waals surface area contributed by atoms with Crippen molar-refractivity contribution in [1.29, 1.82) is 0 Å². The molecule has 2 amide bonds. The third kappa shape index (κ3) is 6.13. The summed E-state index contributed by atoms with van der Waals surface area (Å²) < 4.78 is 5.43. The van der Waals surface area contributed by atoms with Gasteiger partial charge in [0.05, 0.1) is 6.04 Å². The number of hydrogen-bond acceptors (Lipinski definition) is 4. The van der Waals surface area contributed by atoms with Crippen LogP contribution in [0.15, 0.2) is 24.3 Å². The molecule has 0 radical (unpaired) electrons. The smallest absolute Gasteiger partial charge is 0.259 e. The van der Waals surface area contributed by atoms with E-state index in [4.69, 9.17) is 10.5 Å². The highest BCUT2D eigenvalue weighted by Crippen LogP contribution is 2.13. The standard InChI is InChI=1S/C16H25N3O3/c1-4-6-14(17)16(21)18-10-12-7-5-8-13(9-12)22-11-15(20)19(2)3/h5,7-9,14H,4,6,10-11,17H2,1-3H3,(H,18,21). The lowest BCUT2D eigenvalue weighted by Gasteiger charge is -2.13. The Hall–Kier alpha value is -2.08. The summed E-state index contributed by atoms with van der Waals surface area (Å²) in [5, 5.41) is 2.80. The Bertz CT molecular complexity index is 503. The fraction of sp³-hybridized carbons (Fsp3) is 0.500. The summed E-state index contributed by atoms with van der Waals surface area (Å²) in [5.41, 5.74) is 6.65. The Morgan fingerprint density at radius 3 is 2.73 bits per heavy atom. The van der Waals surface area contributed by atoms with Crippen molar-refractivity contribution in [2.24, 2.45) is 5.73 Å². The van der Waals surface area contributed by atoms with Crippen LogP contribution in [0.5, 0.6) is 5.75 Å². The van der Waals surface area contributed by atoms with E-state index in [1.165, 1.54) is 4.90 Å². The number of carbonyl (C=O) groups excluding carboxylic acids is 2. The highest BCUT2D eigenvalue weighted by molar-refractivity contribution is 5.81. The maximum atomic E-state index is 11.8. The minimum atomic E-state index is -0.470. The predicted molar refractivity (Wildman–Crippen MR) is 85.4 cm³/mol. The first-order chi connectivity index (χ1) is 10.4. The number of amides is 2. The number of likely N-dealkylation sites (N-methyl/N-ethyl adjacent to an activating group) is 1. The van der Waals surface area contributed by atoms with E-state index in [9.17, 15) is 9.59 Å². The van der Waals surface area contributed by atoms with Crippen LogP contribution in [0.2, 0.25) is 0 Å². The van der Waals surface area contributed by atoms with E-state index in [0.29, 0.717) is 18.7 Å². The number of nitrogens with two attached hydrogens (primary N) is 1. The van der Waals surface area contributed by atoms with Crippen LogP contribution in [0.3, 0.4) is 0 Å². The molecule has 0 fully saturated rings. The van der Waals surface area contributed by atoms with Gasteiger partial charge in [0.25, 0.3) is 5.91 Å². The molecular formula is C16H25N3O3. The monoisotopic (exact) mass is 307 g/mol. The number of hydrogen-bond donors (Lipinski definition) is 2. The SMILES string of the molecule is CCCC(N)C(=O)NCc1cccc(OCC(=O)N(C)C)c1. The molecule has 0 aliphatic rings. The van der Waals surface area contributed by atoms with Gasteiger partial charge in [0, 0.05) is 20.6 Å². The van der Waals surface area contributed by atoms with E-state index in [2.05, 4.69) is 5.32 Å². The van der Waals surface area contributed by atoms with E-state index in [1.807, 2.05) is 19.1 Å². The molecule has 3 N–H and O–H groups in total. The maximum Gasteiger partial charge on any atom is 0.259 e. The Balaban J connectivity index is 2.50. The molecule has 0 aliphatic heterocycles. The van der Waals surface area contributed by atoms with E-state index >= 15 is 0 Å². The molecule has 0 saturated carbocycles. The molecule has 1 aromatic carbocycles. The van der Waals surface area contributed by atoms with Crippen LogP contribution in [0, 0.1) is 0 Å². The molecule has 0 bridgehead atoms. The van der Waals surface area contributed by atoms with Crippen molar-refractivity contribution in [2.75, 3.05) is 20.7 Å². The van der Waals surface area contributed by atoms with Gasteiger partial charge in [0.15, 0.2) is 6.61 Å². The number of rotatable bonds is 8. The largest absolute Gasteiger partial charge is 0.484 e. The summed E-state index contributed by atoms with van der Waals surface area (Å²) in [6.07, 6.45) is 1.54. The van der Waals surface area contributed by atoms with Crippen molar-refractivity contribution in [1.82, 2.24) is 10.2 Å². The van der Waals surface area contributed by atoms with Crippen LogP contribution in [-0.2, 0) is 16.1 Å². The van der Waals surface area contributed by atoms with Gasteiger partial charge in [-0.15, -0.1) is 0 Å². The lowest BCUT2D eigenvalue weighted by atomic mass is 10.1. The number of carbonyl (C=O) groups is 2. The Kier molecular flexibility index (Phi) is 7.39. The van der Waals surface area contributed by atoms with Gasteiger partial charge in [-0.2, -0.15) is 0 Å². The summed E-state index contributed by atoms with van der Waals surface area (Å²) in [4.78, 5) is 24.7. The zero-order valence-electron chi connectivity index (χ0n) is 13.5. The molecule has 0 spiro atoms. The second-order valence-corrected chi connectivity index (χ2v) is 5.34. The van der Waals surface area contributed by atoms with Crippen molar-refractivity contribution >= 4 is 11.8 Å². The van der Waals surface area contributed by atoms with Crippen LogP contribution < -0.4 is 15.8 Å². The fourth-order valence-corrected chi connectivity index (χ4v) is 1.78. The zero-order chi connectivity index (χ0) is 16.5. The number of ether oxygens (including phenoxy) is 1. The summed E-state index contributed by atoms with van der Waals surface area (Å²) in [7, 11) is 3.36. The summed E-state index contributed by atoms with van der Waals surface area (Å²) in [6.45, 7) is 2.36. The van der Waals surface area contributed by atoms with Gasteiger partial charge in [0.2, 0.25) is 5.91 Å². The minimum absolute atomic E-state index is 0.00974. The molecule has 6 nitrogen and oxygen atoms in total. The zero-order valence-corrected chi connectivity index (χ0v) is 13.5. The van der Waals surface area contributed by atoms with E-state index in [1.54, 1.807) is 26.2 Å². The van der Waals surface area contributed by atoms with Crippen LogP contribution >= 0.6 is 0 Å². The van der Waals surface area contributed by atoms with Crippen molar-refractivity contribution < 1.29 is 14.3 Å². The highest BCUT2D eigenvalue weighted by atomic mass is 16.5. The summed E-state index contributed by atoms with van der Waals surface area (Å²) in [6, 6.07) is 6.81. The predicted octanol–water partition coefficient (Wildman–Crippen LogP) is 0.897. The number of nitrogens with zero attached hydrogens (tertiary/aromatic N) is 1. The van der Waals surface area contributed by atoms with Gasteiger partial charge >= 0.3 is 0 Å². The molecule has 0 saturated heterocycles. The van der Waals surface area contributed by atoms with Gasteiger partial charge in [-0.3, -0.25) is 9.59 Å². The van der Waals surface area contributed by atoms with Crippen LogP contribution in [-0.4, -0.2) is 43.5 Å². The van der Waals surface area contributed by atoms with Gasteiger partial charge in [-0.1, -0.05) is 25.5 Å². The summed E-state index contributed by atoms with van der Waals surface area (Å²) in [5.74, 6) is 0.333. The third-order valence-corrected chi connectivity index (χ3v) is 3.16. The number of nitrogens with one attached hydrogen (secondary N) is 1. The first-order valence-electron chi connectivity index (χ1n) is 7.39. The van der Waals surface area contributed by atoms with Gasteiger partial charge in [-0.25, -0.2) is 0 Å². The average molecular weight is 307 g/mol. The maximum absolute atomic E-state index is 11.8. The van der Waals surface area contributed by atoms with Crippen molar-refractivity contribution in [3.05, 3.63) is 29.8 Å². The molecule has 1 unspecified atom stereocenters. The summed E-state index contributed by atoms with van der Waals surface area (Å²) >= 11 is 0. The number of benzene rings is 1. The quantitative estimate of drug-likeness (QED) is 0.747.